The SMILES string of the molecule is C[C@@H](OC(=O)CCn1c(=O)oc2ccccc21)C(=O)NC(C)(C)C. The van der Waals surface area contributed by atoms with Gasteiger partial charge in [-0.3, -0.25) is 14.2 Å². The number of para-hydroxylation sites is 2. The first-order chi connectivity index (χ1) is 11.2. The van der Waals surface area contributed by atoms with Gasteiger partial charge in [-0.05, 0) is 39.8 Å². The van der Waals surface area contributed by atoms with Crippen molar-refractivity contribution in [2.75, 3.05) is 0 Å². The molecule has 0 saturated heterocycles. The summed E-state index contributed by atoms with van der Waals surface area (Å²) >= 11 is 0. The Hall–Kier alpha value is -2.57. The van der Waals surface area contributed by atoms with Gasteiger partial charge in [-0.15, -0.1) is 0 Å². The van der Waals surface area contributed by atoms with Gasteiger partial charge >= 0.3 is 11.7 Å². The van der Waals surface area contributed by atoms with E-state index in [1.165, 1.54) is 11.5 Å². The van der Waals surface area contributed by atoms with Gasteiger partial charge in [-0.1, -0.05) is 12.1 Å². The van der Waals surface area contributed by atoms with E-state index in [9.17, 15) is 14.4 Å². The Bertz CT molecular complexity index is 797. The number of hydrogen-bond acceptors (Lipinski definition) is 5. The molecule has 7 heteroatoms. The van der Waals surface area contributed by atoms with Crippen LogP contribution in [0, 0.1) is 0 Å². The van der Waals surface area contributed by atoms with Crippen molar-refractivity contribution in [3.8, 4) is 0 Å². The van der Waals surface area contributed by atoms with Crippen LogP contribution >= 0.6 is 0 Å². The third-order valence-corrected chi connectivity index (χ3v) is 3.29. The molecule has 1 heterocycles. The Morgan fingerprint density at radius 1 is 1.29 bits per heavy atom. The molecule has 1 atom stereocenters. The molecule has 1 aromatic carbocycles. The lowest BCUT2D eigenvalue weighted by Crippen LogP contribution is -2.46. The molecule has 130 valence electrons. The fourth-order valence-corrected chi connectivity index (χ4v) is 2.21. The van der Waals surface area contributed by atoms with E-state index < -0.39 is 23.4 Å². The number of nitrogens with one attached hydrogen (secondary N) is 1. The van der Waals surface area contributed by atoms with Gasteiger partial charge in [0.15, 0.2) is 11.7 Å². The summed E-state index contributed by atoms with van der Waals surface area (Å²) in [5, 5.41) is 2.74. The fourth-order valence-electron chi connectivity index (χ4n) is 2.21. The van der Waals surface area contributed by atoms with Crippen LogP contribution in [0.5, 0.6) is 0 Å². The van der Waals surface area contributed by atoms with Crippen LogP contribution in [0.15, 0.2) is 33.5 Å². The van der Waals surface area contributed by atoms with Gasteiger partial charge in [-0.2, -0.15) is 0 Å². The summed E-state index contributed by atoms with van der Waals surface area (Å²) in [6.45, 7) is 7.17. The minimum Gasteiger partial charge on any atom is -0.452 e. The van der Waals surface area contributed by atoms with E-state index in [0.717, 1.165) is 0 Å². The third-order valence-electron chi connectivity index (χ3n) is 3.29. The second kappa shape index (κ2) is 6.90. The van der Waals surface area contributed by atoms with Crippen molar-refractivity contribution in [1.29, 1.82) is 0 Å². The Morgan fingerprint density at radius 2 is 1.96 bits per heavy atom. The largest absolute Gasteiger partial charge is 0.452 e. The molecule has 1 aromatic heterocycles. The molecule has 0 radical (unpaired) electrons. The summed E-state index contributed by atoms with van der Waals surface area (Å²) in [7, 11) is 0. The zero-order chi connectivity index (χ0) is 17.9. The second-order valence-corrected chi connectivity index (χ2v) is 6.61. The average molecular weight is 334 g/mol. The number of oxazole rings is 1. The molecular formula is C17H22N2O5. The molecular weight excluding hydrogens is 312 g/mol. The maximum Gasteiger partial charge on any atom is 0.419 e. The summed E-state index contributed by atoms with van der Waals surface area (Å²) in [6, 6.07) is 6.97. The number of aromatic nitrogens is 1. The van der Waals surface area contributed by atoms with Crippen LogP contribution < -0.4 is 11.1 Å². The third kappa shape index (κ3) is 4.47. The molecule has 0 bridgehead atoms. The predicted molar refractivity (Wildman–Crippen MR) is 88.5 cm³/mol. The Morgan fingerprint density at radius 3 is 2.62 bits per heavy atom. The summed E-state index contributed by atoms with van der Waals surface area (Å²) in [4.78, 5) is 35.6. The van der Waals surface area contributed by atoms with Crippen molar-refractivity contribution >= 4 is 23.0 Å². The number of hydrogen-bond donors (Lipinski definition) is 1. The molecule has 0 spiro atoms. The number of ether oxygens (including phenoxy) is 1. The standard InChI is InChI=1S/C17H22N2O5/c1-11(15(21)18-17(2,3)4)23-14(20)9-10-19-12-7-5-6-8-13(12)24-16(19)22/h5-8,11H,9-10H2,1-4H3,(H,18,21)/t11-/m1/s1. The molecule has 0 unspecified atom stereocenters. The maximum absolute atomic E-state index is 11.9. The lowest BCUT2D eigenvalue weighted by atomic mass is 10.1. The zero-order valence-electron chi connectivity index (χ0n) is 14.3. The number of aryl methyl sites for hydroxylation is 1. The lowest BCUT2D eigenvalue weighted by Gasteiger charge is -2.23. The maximum atomic E-state index is 11.9. The van der Waals surface area contributed by atoms with Gasteiger partial charge in [0.2, 0.25) is 0 Å². The highest BCUT2D eigenvalue weighted by Gasteiger charge is 2.22. The second-order valence-electron chi connectivity index (χ2n) is 6.61. The summed E-state index contributed by atoms with van der Waals surface area (Å²) in [5.74, 6) is -1.44. The van der Waals surface area contributed by atoms with Crippen molar-refractivity contribution in [3.05, 3.63) is 34.8 Å². The van der Waals surface area contributed by atoms with Crippen molar-refractivity contribution in [2.24, 2.45) is 0 Å². The number of esters is 1. The molecule has 0 fully saturated rings. The summed E-state index contributed by atoms with van der Waals surface area (Å²) in [6.07, 6.45) is -0.925. The van der Waals surface area contributed by atoms with Crippen molar-refractivity contribution < 1.29 is 18.7 Å². The molecule has 0 aliphatic carbocycles. The van der Waals surface area contributed by atoms with Crippen LogP contribution in [-0.2, 0) is 20.9 Å². The van der Waals surface area contributed by atoms with Gasteiger partial charge < -0.3 is 14.5 Å². The molecule has 24 heavy (non-hydrogen) atoms. The number of fused-ring (bicyclic) bond motifs is 1. The van der Waals surface area contributed by atoms with Crippen LogP contribution in [0.3, 0.4) is 0 Å². The van der Waals surface area contributed by atoms with E-state index in [-0.39, 0.29) is 18.9 Å². The fraction of sp³-hybridized carbons (Fsp3) is 0.471. The smallest absolute Gasteiger partial charge is 0.419 e. The number of carbonyl (C=O) groups excluding carboxylic acids is 2. The Kier molecular flexibility index (Phi) is 5.11. The molecule has 0 saturated carbocycles. The monoisotopic (exact) mass is 334 g/mol. The van der Waals surface area contributed by atoms with Crippen LogP contribution in [0.2, 0.25) is 0 Å². The molecule has 2 rings (SSSR count). The van der Waals surface area contributed by atoms with Crippen LogP contribution in [0.1, 0.15) is 34.1 Å². The summed E-state index contributed by atoms with van der Waals surface area (Å²) < 4.78 is 11.6. The minimum absolute atomic E-state index is 0.0312. The predicted octanol–water partition coefficient (Wildman–Crippen LogP) is 1.83. The van der Waals surface area contributed by atoms with E-state index >= 15 is 0 Å². The number of amides is 1. The lowest BCUT2D eigenvalue weighted by molar-refractivity contribution is -0.155. The summed E-state index contributed by atoms with van der Waals surface area (Å²) in [5.41, 5.74) is 0.684. The van der Waals surface area contributed by atoms with E-state index in [2.05, 4.69) is 5.32 Å². The van der Waals surface area contributed by atoms with Crippen LogP contribution in [-0.4, -0.2) is 28.1 Å². The van der Waals surface area contributed by atoms with Crippen LogP contribution in [0.25, 0.3) is 11.1 Å². The van der Waals surface area contributed by atoms with Crippen LogP contribution in [0.4, 0.5) is 0 Å². The van der Waals surface area contributed by atoms with E-state index in [4.69, 9.17) is 9.15 Å². The van der Waals surface area contributed by atoms with Gasteiger partial charge in [-0.25, -0.2) is 4.79 Å². The zero-order valence-corrected chi connectivity index (χ0v) is 14.3. The molecule has 0 aliphatic heterocycles. The van der Waals surface area contributed by atoms with E-state index in [1.54, 1.807) is 24.3 Å². The Balaban J connectivity index is 1.94. The molecule has 1 N–H and O–H groups in total. The quantitative estimate of drug-likeness (QED) is 0.843. The molecule has 7 nitrogen and oxygen atoms in total. The number of rotatable bonds is 5. The van der Waals surface area contributed by atoms with Gasteiger partial charge in [0, 0.05) is 12.1 Å². The first-order valence-corrected chi connectivity index (χ1v) is 7.77. The average Bonchev–Trinajstić information content (AvgIpc) is 2.78. The van der Waals surface area contributed by atoms with Gasteiger partial charge in [0.25, 0.3) is 5.91 Å². The van der Waals surface area contributed by atoms with Crippen molar-refractivity contribution in [1.82, 2.24) is 9.88 Å². The molecule has 1 amide bonds. The first-order valence-electron chi connectivity index (χ1n) is 7.77. The van der Waals surface area contributed by atoms with Gasteiger partial charge in [0.1, 0.15) is 0 Å². The topological polar surface area (TPSA) is 90.5 Å². The van der Waals surface area contributed by atoms with Crippen molar-refractivity contribution in [3.63, 3.8) is 0 Å². The highest BCUT2D eigenvalue weighted by Crippen LogP contribution is 2.12. The Labute approximate surface area is 139 Å². The highest BCUT2D eigenvalue weighted by molar-refractivity contribution is 5.83. The molecule has 2 aromatic rings. The van der Waals surface area contributed by atoms with E-state index in [0.29, 0.717) is 11.1 Å². The minimum atomic E-state index is -0.894. The van der Waals surface area contributed by atoms with E-state index in [1.807, 2.05) is 20.8 Å². The normalized spacial score (nSPS) is 12.8. The number of benzene rings is 1. The van der Waals surface area contributed by atoms with Gasteiger partial charge in [0.05, 0.1) is 11.9 Å². The highest BCUT2D eigenvalue weighted by atomic mass is 16.5. The van der Waals surface area contributed by atoms with Crippen molar-refractivity contribution in [2.45, 2.75) is 52.3 Å². The first kappa shape index (κ1) is 17.8. The number of carbonyl (C=O) groups is 2. The molecule has 0 aliphatic rings. The number of nitrogens with zero attached hydrogens (tertiary/aromatic N) is 1.